The SMILES string of the molecule is N#CC1CN(C(=O)c2c(O)cccc2F)CCO1. The Bertz CT molecular complexity index is 492. The van der Waals surface area contributed by atoms with Crippen molar-refractivity contribution in [3.63, 3.8) is 0 Å². The molecular formula is C12H11FN2O3. The zero-order valence-electron chi connectivity index (χ0n) is 9.47. The lowest BCUT2D eigenvalue weighted by atomic mass is 10.1. The van der Waals surface area contributed by atoms with Crippen molar-refractivity contribution in [1.29, 1.82) is 5.26 Å². The third-order valence-corrected chi connectivity index (χ3v) is 2.70. The monoisotopic (exact) mass is 250 g/mol. The number of amides is 1. The summed E-state index contributed by atoms with van der Waals surface area (Å²) < 4.78 is 18.6. The van der Waals surface area contributed by atoms with E-state index in [1.807, 2.05) is 6.07 Å². The minimum absolute atomic E-state index is 0.0725. The molecule has 18 heavy (non-hydrogen) atoms. The van der Waals surface area contributed by atoms with E-state index in [0.29, 0.717) is 0 Å². The van der Waals surface area contributed by atoms with Crippen LogP contribution in [0.1, 0.15) is 10.4 Å². The van der Waals surface area contributed by atoms with Crippen molar-refractivity contribution in [2.45, 2.75) is 6.10 Å². The molecule has 0 saturated carbocycles. The van der Waals surface area contributed by atoms with Crippen LogP contribution in [0.2, 0.25) is 0 Å². The highest BCUT2D eigenvalue weighted by Crippen LogP contribution is 2.22. The second-order valence-electron chi connectivity index (χ2n) is 3.87. The van der Waals surface area contributed by atoms with E-state index < -0.39 is 23.6 Å². The quantitative estimate of drug-likeness (QED) is 0.803. The molecule has 0 radical (unpaired) electrons. The summed E-state index contributed by atoms with van der Waals surface area (Å²) in [6.45, 7) is 0.563. The maximum Gasteiger partial charge on any atom is 0.260 e. The van der Waals surface area contributed by atoms with Crippen LogP contribution < -0.4 is 0 Å². The Morgan fingerprint density at radius 3 is 3.06 bits per heavy atom. The van der Waals surface area contributed by atoms with E-state index in [2.05, 4.69) is 0 Å². The predicted octanol–water partition coefficient (Wildman–Crippen LogP) is 0.896. The minimum atomic E-state index is -0.778. The van der Waals surface area contributed by atoms with E-state index in [-0.39, 0.29) is 25.3 Å². The first-order valence-electron chi connectivity index (χ1n) is 5.41. The first kappa shape index (κ1) is 12.3. The van der Waals surface area contributed by atoms with Crippen molar-refractivity contribution in [2.75, 3.05) is 19.7 Å². The molecular weight excluding hydrogens is 239 g/mol. The number of morpholine rings is 1. The van der Waals surface area contributed by atoms with Gasteiger partial charge in [0.1, 0.15) is 17.1 Å². The first-order valence-corrected chi connectivity index (χ1v) is 5.41. The van der Waals surface area contributed by atoms with Gasteiger partial charge in [0.05, 0.1) is 19.2 Å². The van der Waals surface area contributed by atoms with E-state index in [9.17, 15) is 14.3 Å². The Balaban J connectivity index is 2.24. The molecule has 2 rings (SSSR count). The highest BCUT2D eigenvalue weighted by atomic mass is 19.1. The van der Waals surface area contributed by atoms with Gasteiger partial charge >= 0.3 is 0 Å². The van der Waals surface area contributed by atoms with Crippen LogP contribution in [0.25, 0.3) is 0 Å². The summed E-state index contributed by atoms with van der Waals surface area (Å²) in [5, 5.41) is 18.3. The van der Waals surface area contributed by atoms with Gasteiger partial charge in [0.2, 0.25) is 0 Å². The average Bonchev–Trinajstić information content (AvgIpc) is 2.38. The fourth-order valence-corrected chi connectivity index (χ4v) is 1.79. The molecule has 1 aromatic rings. The van der Waals surface area contributed by atoms with E-state index in [1.165, 1.54) is 17.0 Å². The van der Waals surface area contributed by atoms with Crippen LogP contribution in [-0.4, -0.2) is 41.7 Å². The van der Waals surface area contributed by atoms with Crippen LogP contribution in [0.4, 0.5) is 4.39 Å². The number of nitrogens with zero attached hydrogens (tertiary/aromatic N) is 2. The fraction of sp³-hybridized carbons (Fsp3) is 0.333. The lowest BCUT2D eigenvalue weighted by Gasteiger charge is -2.30. The van der Waals surface area contributed by atoms with Crippen LogP contribution in [0.15, 0.2) is 18.2 Å². The van der Waals surface area contributed by atoms with Gasteiger partial charge in [-0.3, -0.25) is 4.79 Å². The Morgan fingerprint density at radius 2 is 2.39 bits per heavy atom. The predicted molar refractivity (Wildman–Crippen MR) is 59.3 cm³/mol. The number of aromatic hydroxyl groups is 1. The summed E-state index contributed by atoms with van der Waals surface area (Å²) in [6.07, 6.45) is -0.711. The number of ether oxygens (including phenoxy) is 1. The van der Waals surface area contributed by atoms with Crippen LogP contribution in [0.3, 0.4) is 0 Å². The highest BCUT2D eigenvalue weighted by Gasteiger charge is 2.28. The molecule has 1 heterocycles. The third kappa shape index (κ3) is 2.26. The van der Waals surface area contributed by atoms with Gasteiger partial charge in [0.25, 0.3) is 5.91 Å². The number of benzene rings is 1. The second kappa shape index (κ2) is 5.02. The van der Waals surface area contributed by atoms with Crippen molar-refractivity contribution in [2.24, 2.45) is 0 Å². The van der Waals surface area contributed by atoms with Gasteiger partial charge in [-0.15, -0.1) is 0 Å². The van der Waals surface area contributed by atoms with Gasteiger partial charge in [-0.25, -0.2) is 4.39 Å². The highest BCUT2D eigenvalue weighted by molar-refractivity contribution is 5.97. The molecule has 94 valence electrons. The van der Waals surface area contributed by atoms with Gasteiger partial charge < -0.3 is 14.7 Å². The average molecular weight is 250 g/mol. The summed E-state index contributed by atoms with van der Waals surface area (Å²) >= 11 is 0. The molecule has 0 aromatic heterocycles. The summed E-state index contributed by atoms with van der Waals surface area (Å²) in [5.41, 5.74) is -0.365. The van der Waals surface area contributed by atoms with Gasteiger partial charge in [-0.2, -0.15) is 5.26 Å². The number of halogens is 1. The van der Waals surface area contributed by atoms with E-state index >= 15 is 0 Å². The van der Waals surface area contributed by atoms with Crippen molar-refractivity contribution in [3.05, 3.63) is 29.6 Å². The van der Waals surface area contributed by atoms with E-state index in [0.717, 1.165) is 6.07 Å². The fourth-order valence-electron chi connectivity index (χ4n) is 1.79. The van der Waals surface area contributed by atoms with Crippen molar-refractivity contribution < 1.29 is 19.0 Å². The summed E-state index contributed by atoms with van der Waals surface area (Å²) in [5.74, 6) is -1.81. The number of carbonyl (C=O) groups excluding carboxylic acids is 1. The lowest BCUT2D eigenvalue weighted by molar-refractivity contribution is 0.00312. The van der Waals surface area contributed by atoms with Gasteiger partial charge in [0, 0.05) is 6.54 Å². The number of nitriles is 1. The number of hydrogen-bond donors (Lipinski definition) is 1. The Kier molecular flexibility index (Phi) is 3.44. The summed E-state index contributed by atoms with van der Waals surface area (Å²) in [7, 11) is 0. The number of phenols is 1. The van der Waals surface area contributed by atoms with Gasteiger partial charge in [0.15, 0.2) is 6.10 Å². The molecule has 1 fully saturated rings. The van der Waals surface area contributed by atoms with Crippen LogP contribution >= 0.6 is 0 Å². The number of rotatable bonds is 1. The molecule has 6 heteroatoms. The van der Waals surface area contributed by atoms with Crippen LogP contribution in [-0.2, 0) is 4.74 Å². The smallest absolute Gasteiger partial charge is 0.260 e. The summed E-state index contributed by atoms with van der Waals surface area (Å²) in [6, 6.07) is 5.57. The van der Waals surface area contributed by atoms with Crippen LogP contribution in [0, 0.1) is 17.1 Å². The number of phenolic OH excluding ortho intramolecular Hbond substituents is 1. The molecule has 0 aliphatic carbocycles. The molecule has 0 spiro atoms. The van der Waals surface area contributed by atoms with Crippen molar-refractivity contribution in [1.82, 2.24) is 4.90 Å². The Morgan fingerprint density at radius 1 is 1.61 bits per heavy atom. The zero-order valence-corrected chi connectivity index (χ0v) is 9.47. The summed E-state index contributed by atoms with van der Waals surface area (Å²) in [4.78, 5) is 13.4. The molecule has 1 unspecified atom stereocenters. The molecule has 1 aliphatic heterocycles. The second-order valence-corrected chi connectivity index (χ2v) is 3.87. The third-order valence-electron chi connectivity index (χ3n) is 2.70. The van der Waals surface area contributed by atoms with Gasteiger partial charge in [-0.05, 0) is 12.1 Å². The molecule has 1 aromatic carbocycles. The molecule has 1 atom stereocenters. The lowest BCUT2D eigenvalue weighted by Crippen LogP contribution is -2.45. The molecule has 1 N–H and O–H groups in total. The Hall–Kier alpha value is -2.13. The van der Waals surface area contributed by atoms with E-state index in [4.69, 9.17) is 10.00 Å². The van der Waals surface area contributed by atoms with Crippen molar-refractivity contribution in [3.8, 4) is 11.8 Å². The first-order chi connectivity index (χ1) is 8.63. The molecule has 1 saturated heterocycles. The zero-order chi connectivity index (χ0) is 13.1. The normalized spacial score (nSPS) is 19.3. The Labute approximate surface area is 103 Å². The maximum absolute atomic E-state index is 13.5. The topological polar surface area (TPSA) is 73.6 Å². The molecule has 5 nitrogen and oxygen atoms in total. The molecule has 1 aliphatic rings. The number of carbonyl (C=O) groups is 1. The molecule has 1 amide bonds. The van der Waals surface area contributed by atoms with Crippen LogP contribution in [0.5, 0.6) is 5.75 Å². The van der Waals surface area contributed by atoms with E-state index in [1.54, 1.807) is 0 Å². The maximum atomic E-state index is 13.5. The largest absolute Gasteiger partial charge is 0.507 e. The standard InChI is InChI=1S/C12H11FN2O3/c13-9-2-1-3-10(16)11(9)12(17)15-4-5-18-8(6-14)7-15/h1-3,8,16H,4-5,7H2. The number of hydrogen-bond acceptors (Lipinski definition) is 4. The van der Waals surface area contributed by atoms with Gasteiger partial charge in [-0.1, -0.05) is 6.07 Å². The minimum Gasteiger partial charge on any atom is -0.507 e. The van der Waals surface area contributed by atoms with Crippen molar-refractivity contribution >= 4 is 5.91 Å². The molecule has 0 bridgehead atoms.